The Balaban J connectivity index is 2.45. The lowest BCUT2D eigenvalue weighted by Crippen LogP contribution is -2.29. The van der Waals surface area contributed by atoms with Gasteiger partial charge in [0.25, 0.3) is 5.78 Å². The average Bonchev–Trinajstić information content (AvgIpc) is 2.48. The maximum Gasteiger partial charge on any atom is 0.269 e. The molecule has 12 heavy (non-hydrogen) atoms. The zero-order chi connectivity index (χ0) is 8.72. The predicted molar refractivity (Wildman–Crippen MR) is 43.7 cm³/mol. The number of carbonyl (C=O) groups is 3. The van der Waals surface area contributed by atoms with Crippen molar-refractivity contribution >= 4 is 29.1 Å². The first-order valence-electron chi connectivity index (χ1n) is 3.67. The van der Waals surface area contributed by atoms with Crippen molar-refractivity contribution in [3.8, 4) is 0 Å². The van der Waals surface area contributed by atoms with Crippen LogP contribution in [0.5, 0.6) is 0 Å². The van der Waals surface area contributed by atoms with Gasteiger partial charge in [-0.05, 0) is 11.3 Å². The van der Waals surface area contributed by atoms with Gasteiger partial charge >= 0.3 is 0 Å². The molecule has 3 nitrogen and oxygen atoms in total. The van der Waals surface area contributed by atoms with Crippen LogP contribution in [-0.4, -0.2) is 23.1 Å². The van der Waals surface area contributed by atoms with E-state index in [1.807, 2.05) is 0 Å². The number of carbonyl (C=O) groups excluding carboxylic acids is 3. The zero-order valence-electron chi connectivity index (χ0n) is 6.25. The van der Waals surface area contributed by atoms with Crippen LogP contribution < -0.4 is 0 Å². The summed E-state index contributed by atoms with van der Waals surface area (Å²) >= 11 is 1.52. The minimum absolute atomic E-state index is 0.157. The highest BCUT2D eigenvalue weighted by Gasteiger charge is 2.36. The van der Waals surface area contributed by atoms with Crippen molar-refractivity contribution < 1.29 is 14.4 Å². The molecule has 0 unspecified atom stereocenters. The number of Topliss-reactive ketones (excluding diaryl/α,β-unsaturated/α-hetero) is 3. The molecule has 0 N–H and O–H groups in total. The van der Waals surface area contributed by atoms with Crippen LogP contribution in [0.1, 0.15) is 12.8 Å². The van der Waals surface area contributed by atoms with Gasteiger partial charge in [-0.3, -0.25) is 14.4 Å². The lowest BCUT2D eigenvalue weighted by atomic mass is 9.94. The van der Waals surface area contributed by atoms with Crippen LogP contribution in [0.2, 0.25) is 0 Å². The fourth-order valence-corrected chi connectivity index (χ4v) is 2.55. The maximum absolute atomic E-state index is 11.2. The lowest BCUT2D eigenvalue weighted by molar-refractivity contribution is -0.143. The number of allylic oxidation sites excluding steroid dienone is 2. The van der Waals surface area contributed by atoms with E-state index in [1.54, 1.807) is 0 Å². The summed E-state index contributed by atoms with van der Waals surface area (Å²) < 4.78 is 0. The van der Waals surface area contributed by atoms with Gasteiger partial charge in [-0.15, -0.1) is 11.8 Å². The van der Waals surface area contributed by atoms with E-state index in [0.717, 1.165) is 10.7 Å². The van der Waals surface area contributed by atoms with Gasteiger partial charge in [-0.1, -0.05) is 0 Å². The Morgan fingerprint density at radius 1 is 1.08 bits per heavy atom. The van der Waals surface area contributed by atoms with Crippen molar-refractivity contribution in [2.24, 2.45) is 0 Å². The second-order valence-electron chi connectivity index (χ2n) is 2.76. The van der Waals surface area contributed by atoms with Crippen LogP contribution in [0, 0.1) is 0 Å². The summed E-state index contributed by atoms with van der Waals surface area (Å²) in [5, 5.41) is 0. The first kappa shape index (κ1) is 7.73. The number of hydrogen-bond donors (Lipinski definition) is 0. The smallest absolute Gasteiger partial charge is 0.269 e. The van der Waals surface area contributed by atoms with Crippen molar-refractivity contribution in [2.45, 2.75) is 12.8 Å². The molecule has 2 rings (SSSR count). The predicted octanol–water partition coefficient (Wildman–Crippen LogP) is 0.488. The second kappa shape index (κ2) is 2.55. The fourth-order valence-electron chi connectivity index (χ4n) is 1.39. The Morgan fingerprint density at radius 2 is 1.83 bits per heavy atom. The Labute approximate surface area is 73.2 Å². The molecule has 0 atom stereocenters. The molecule has 0 bridgehead atoms. The Kier molecular flexibility index (Phi) is 1.65. The first-order chi connectivity index (χ1) is 5.70. The van der Waals surface area contributed by atoms with Gasteiger partial charge in [0.05, 0.1) is 0 Å². The number of ketones is 3. The molecule has 0 saturated heterocycles. The molecular formula is C8H6O3S. The van der Waals surface area contributed by atoms with E-state index in [1.165, 1.54) is 11.8 Å². The molecule has 62 valence electrons. The summed E-state index contributed by atoms with van der Waals surface area (Å²) in [5.41, 5.74) is 0.588. The Bertz CT molecular complexity index is 327. The average molecular weight is 182 g/mol. The standard InChI is InChI=1S/C8H6O3S/c9-5-3-6-4(1-2-12-6)7(10)8(5)11/h1-3H2. The minimum Gasteiger partial charge on any atom is -0.290 e. The normalized spacial score (nSPS) is 23.5. The topological polar surface area (TPSA) is 51.2 Å². The summed E-state index contributed by atoms with van der Waals surface area (Å²) in [7, 11) is 0. The quantitative estimate of drug-likeness (QED) is 0.511. The molecule has 0 fully saturated rings. The van der Waals surface area contributed by atoms with Crippen LogP contribution >= 0.6 is 11.8 Å². The van der Waals surface area contributed by atoms with Crippen molar-refractivity contribution in [1.29, 1.82) is 0 Å². The molecule has 0 aromatic heterocycles. The Morgan fingerprint density at radius 3 is 2.58 bits per heavy atom. The van der Waals surface area contributed by atoms with Crippen molar-refractivity contribution in [2.75, 3.05) is 5.75 Å². The third-order valence-corrected chi connectivity index (χ3v) is 3.17. The fraction of sp³-hybridized carbons (Fsp3) is 0.375. The molecule has 1 aliphatic heterocycles. The third kappa shape index (κ3) is 0.948. The zero-order valence-corrected chi connectivity index (χ0v) is 7.07. The number of rotatable bonds is 0. The van der Waals surface area contributed by atoms with Gasteiger partial charge in [0, 0.05) is 17.7 Å². The molecular weight excluding hydrogens is 176 g/mol. The molecule has 1 aliphatic carbocycles. The highest BCUT2D eigenvalue weighted by Crippen LogP contribution is 2.36. The van der Waals surface area contributed by atoms with Crippen LogP contribution in [0.4, 0.5) is 0 Å². The minimum atomic E-state index is -0.823. The van der Waals surface area contributed by atoms with E-state index in [-0.39, 0.29) is 6.42 Å². The number of thioether (sulfide) groups is 1. The molecule has 0 radical (unpaired) electrons. The van der Waals surface area contributed by atoms with E-state index in [2.05, 4.69) is 0 Å². The van der Waals surface area contributed by atoms with E-state index in [0.29, 0.717) is 12.0 Å². The van der Waals surface area contributed by atoms with Crippen LogP contribution in [0.3, 0.4) is 0 Å². The Hall–Kier alpha value is -0.900. The highest BCUT2D eigenvalue weighted by atomic mass is 32.2. The van der Waals surface area contributed by atoms with Crippen molar-refractivity contribution in [3.05, 3.63) is 10.5 Å². The van der Waals surface area contributed by atoms with E-state index in [9.17, 15) is 14.4 Å². The molecule has 0 amide bonds. The third-order valence-electron chi connectivity index (χ3n) is 2.02. The molecule has 4 heteroatoms. The van der Waals surface area contributed by atoms with Crippen LogP contribution in [0.25, 0.3) is 0 Å². The van der Waals surface area contributed by atoms with E-state index in [4.69, 9.17) is 0 Å². The molecule has 0 spiro atoms. The summed E-state index contributed by atoms with van der Waals surface area (Å²) in [6.45, 7) is 0. The van der Waals surface area contributed by atoms with Gasteiger partial charge in [0.15, 0.2) is 0 Å². The van der Waals surface area contributed by atoms with Gasteiger partial charge in [0.1, 0.15) is 0 Å². The van der Waals surface area contributed by atoms with Gasteiger partial charge in [0.2, 0.25) is 11.6 Å². The van der Waals surface area contributed by atoms with Crippen molar-refractivity contribution in [1.82, 2.24) is 0 Å². The summed E-state index contributed by atoms with van der Waals surface area (Å²) in [5.74, 6) is -1.10. The second-order valence-corrected chi connectivity index (χ2v) is 3.95. The van der Waals surface area contributed by atoms with Gasteiger partial charge in [-0.25, -0.2) is 0 Å². The number of hydrogen-bond acceptors (Lipinski definition) is 4. The highest BCUT2D eigenvalue weighted by molar-refractivity contribution is 8.03. The van der Waals surface area contributed by atoms with E-state index < -0.39 is 17.3 Å². The van der Waals surface area contributed by atoms with E-state index >= 15 is 0 Å². The van der Waals surface area contributed by atoms with Gasteiger partial charge in [-0.2, -0.15) is 0 Å². The maximum atomic E-state index is 11.2. The molecule has 0 aromatic rings. The summed E-state index contributed by atoms with van der Waals surface area (Å²) in [6, 6.07) is 0. The molecule has 1 heterocycles. The largest absolute Gasteiger partial charge is 0.290 e. The lowest BCUT2D eigenvalue weighted by Gasteiger charge is -2.08. The summed E-state index contributed by atoms with van der Waals surface area (Å²) in [4.78, 5) is 33.9. The molecule has 2 aliphatic rings. The molecule has 0 saturated carbocycles. The van der Waals surface area contributed by atoms with Crippen molar-refractivity contribution in [3.63, 3.8) is 0 Å². The van der Waals surface area contributed by atoms with Gasteiger partial charge < -0.3 is 0 Å². The first-order valence-corrected chi connectivity index (χ1v) is 4.65. The monoisotopic (exact) mass is 182 g/mol. The summed E-state index contributed by atoms with van der Waals surface area (Å²) in [6.07, 6.45) is 0.808. The van der Waals surface area contributed by atoms with Crippen LogP contribution in [0.15, 0.2) is 10.5 Å². The SMILES string of the molecule is O=C1CC2=C(CCS2)C(=O)C1=O. The van der Waals surface area contributed by atoms with Crippen LogP contribution in [-0.2, 0) is 14.4 Å². The molecule has 0 aromatic carbocycles.